The molecule has 0 saturated carbocycles. The van der Waals surface area contributed by atoms with Gasteiger partial charge in [-0.1, -0.05) is 0 Å². The van der Waals surface area contributed by atoms with Crippen LogP contribution in [0.15, 0.2) is 12.3 Å². The molecule has 0 aromatic carbocycles. The molecule has 1 aromatic rings. The molecule has 5 nitrogen and oxygen atoms in total. The van der Waals surface area contributed by atoms with E-state index >= 15 is 0 Å². The van der Waals surface area contributed by atoms with Crippen LogP contribution in [0.1, 0.15) is 25.3 Å². The van der Waals surface area contributed by atoms with Crippen molar-refractivity contribution in [1.82, 2.24) is 10.2 Å². The number of hydrogen-bond acceptors (Lipinski definition) is 5. The number of hydrogen-bond donors (Lipinski definition) is 0. The zero-order valence-corrected chi connectivity index (χ0v) is 9.96. The van der Waals surface area contributed by atoms with Crippen LogP contribution >= 0.6 is 0 Å². The van der Waals surface area contributed by atoms with E-state index in [0.29, 0.717) is 11.4 Å². The van der Waals surface area contributed by atoms with Gasteiger partial charge in [0.15, 0.2) is 5.82 Å². The third kappa shape index (κ3) is 2.71. The molecule has 1 aliphatic rings. The van der Waals surface area contributed by atoms with Crippen LogP contribution in [0.5, 0.6) is 0 Å². The van der Waals surface area contributed by atoms with Gasteiger partial charge in [0.1, 0.15) is 6.07 Å². The summed E-state index contributed by atoms with van der Waals surface area (Å²) in [4.78, 5) is 2.09. The van der Waals surface area contributed by atoms with E-state index < -0.39 is 0 Å². The molecule has 0 spiro atoms. The van der Waals surface area contributed by atoms with Crippen molar-refractivity contribution in [3.63, 3.8) is 0 Å². The van der Waals surface area contributed by atoms with Gasteiger partial charge in [0.05, 0.1) is 17.9 Å². The maximum Gasteiger partial charge on any atom is 0.169 e. The van der Waals surface area contributed by atoms with E-state index in [2.05, 4.69) is 21.2 Å². The minimum atomic E-state index is 0.238. The average Bonchev–Trinajstić information content (AvgIpc) is 2.39. The van der Waals surface area contributed by atoms with Crippen molar-refractivity contribution in [2.45, 2.75) is 25.9 Å². The van der Waals surface area contributed by atoms with Gasteiger partial charge in [-0.15, -0.1) is 5.10 Å². The highest BCUT2D eigenvalue weighted by Crippen LogP contribution is 2.21. The lowest BCUT2D eigenvalue weighted by molar-refractivity contribution is 0.0525. The molecule has 0 amide bonds. The van der Waals surface area contributed by atoms with Crippen molar-refractivity contribution in [3.8, 4) is 6.07 Å². The Bertz CT molecular complexity index is 413. The third-order valence-corrected chi connectivity index (χ3v) is 2.90. The second kappa shape index (κ2) is 5.60. The summed E-state index contributed by atoms with van der Waals surface area (Å²) in [7, 11) is 0. The summed E-state index contributed by atoms with van der Waals surface area (Å²) in [5.41, 5.74) is 0.581. The first-order valence-electron chi connectivity index (χ1n) is 5.93. The van der Waals surface area contributed by atoms with Crippen molar-refractivity contribution in [2.24, 2.45) is 0 Å². The number of piperidine rings is 1. The molecule has 0 bridgehead atoms. The van der Waals surface area contributed by atoms with Crippen LogP contribution in [-0.4, -0.2) is 36.0 Å². The monoisotopic (exact) mass is 232 g/mol. The average molecular weight is 232 g/mol. The van der Waals surface area contributed by atoms with Gasteiger partial charge < -0.3 is 9.64 Å². The van der Waals surface area contributed by atoms with E-state index in [9.17, 15) is 0 Å². The van der Waals surface area contributed by atoms with Gasteiger partial charge in [-0.25, -0.2) is 0 Å². The van der Waals surface area contributed by atoms with Crippen LogP contribution in [0.4, 0.5) is 5.82 Å². The summed E-state index contributed by atoms with van der Waals surface area (Å²) in [6.45, 7) is 4.43. The van der Waals surface area contributed by atoms with E-state index in [0.717, 1.165) is 32.5 Å². The molecule has 1 saturated heterocycles. The molecule has 0 radical (unpaired) electrons. The zero-order chi connectivity index (χ0) is 12.1. The number of nitriles is 1. The molecule has 90 valence electrons. The van der Waals surface area contributed by atoms with E-state index in [-0.39, 0.29) is 6.10 Å². The Hall–Kier alpha value is -1.67. The number of ether oxygens (including phenoxy) is 1. The highest BCUT2D eigenvalue weighted by molar-refractivity contribution is 5.52. The molecule has 1 unspecified atom stereocenters. The molecule has 17 heavy (non-hydrogen) atoms. The number of nitrogens with zero attached hydrogens (tertiary/aromatic N) is 4. The van der Waals surface area contributed by atoms with Crippen molar-refractivity contribution in [1.29, 1.82) is 5.26 Å². The summed E-state index contributed by atoms with van der Waals surface area (Å²) in [6.07, 6.45) is 3.92. The highest BCUT2D eigenvalue weighted by Gasteiger charge is 2.23. The normalized spacial score (nSPS) is 20.0. The molecule has 5 heteroatoms. The molecule has 0 aliphatic carbocycles. The highest BCUT2D eigenvalue weighted by atomic mass is 16.5. The predicted octanol–water partition coefficient (Wildman–Crippen LogP) is 1.35. The first kappa shape index (κ1) is 11.8. The van der Waals surface area contributed by atoms with Gasteiger partial charge in [0.25, 0.3) is 0 Å². The largest absolute Gasteiger partial charge is 0.377 e. The van der Waals surface area contributed by atoms with Crippen LogP contribution in [0, 0.1) is 11.3 Å². The van der Waals surface area contributed by atoms with Crippen molar-refractivity contribution >= 4 is 5.82 Å². The predicted molar refractivity (Wildman–Crippen MR) is 63.6 cm³/mol. The molecule has 1 aliphatic heterocycles. The Morgan fingerprint density at radius 1 is 1.65 bits per heavy atom. The second-order valence-corrected chi connectivity index (χ2v) is 4.05. The van der Waals surface area contributed by atoms with E-state index in [1.165, 1.54) is 0 Å². The van der Waals surface area contributed by atoms with Crippen molar-refractivity contribution in [2.75, 3.05) is 24.6 Å². The van der Waals surface area contributed by atoms with Crippen LogP contribution in [0.25, 0.3) is 0 Å². The Kier molecular flexibility index (Phi) is 3.89. The molecule has 2 heterocycles. The quantitative estimate of drug-likeness (QED) is 0.787. The molecule has 1 fully saturated rings. The maximum atomic E-state index is 9.04. The molecular formula is C12H16N4O. The van der Waals surface area contributed by atoms with Crippen LogP contribution in [0.2, 0.25) is 0 Å². The topological polar surface area (TPSA) is 62.0 Å². The fourth-order valence-corrected chi connectivity index (χ4v) is 2.15. The number of anilines is 1. The summed E-state index contributed by atoms with van der Waals surface area (Å²) in [5.74, 6) is 0.680. The first-order valence-corrected chi connectivity index (χ1v) is 5.93. The summed E-state index contributed by atoms with van der Waals surface area (Å²) in [5, 5.41) is 17.0. The van der Waals surface area contributed by atoms with Gasteiger partial charge in [-0.2, -0.15) is 10.4 Å². The van der Waals surface area contributed by atoms with Crippen molar-refractivity contribution < 1.29 is 4.74 Å². The molecule has 1 atom stereocenters. The van der Waals surface area contributed by atoms with Gasteiger partial charge >= 0.3 is 0 Å². The van der Waals surface area contributed by atoms with Gasteiger partial charge in [0, 0.05) is 19.7 Å². The Balaban J connectivity index is 2.14. The lowest BCUT2D eigenvalue weighted by Crippen LogP contribution is -2.40. The van der Waals surface area contributed by atoms with Crippen LogP contribution < -0.4 is 4.90 Å². The second-order valence-electron chi connectivity index (χ2n) is 4.05. The Labute approximate surface area is 101 Å². The first-order chi connectivity index (χ1) is 8.35. The fraction of sp³-hybridized carbons (Fsp3) is 0.583. The van der Waals surface area contributed by atoms with E-state index in [1.807, 2.05) is 6.92 Å². The molecule has 1 aromatic heterocycles. The lowest BCUT2D eigenvalue weighted by Gasteiger charge is -2.33. The number of rotatable bonds is 3. The summed E-state index contributed by atoms with van der Waals surface area (Å²) < 4.78 is 5.64. The Morgan fingerprint density at radius 3 is 3.29 bits per heavy atom. The fourth-order valence-electron chi connectivity index (χ4n) is 2.15. The summed E-state index contributed by atoms with van der Waals surface area (Å²) in [6, 6.07) is 3.86. The molecule has 0 N–H and O–H groups in total. The van der Waals surface area contributed by atoms with Gasteiger partial charge in [-0.05, 0) is 25.8 Å². The van der Waals surface area contributed by atoms with E-state index in [1.54, 1.807) is 12.3 Å². The Morgan fingerprint density at radius 2 is 2.53 bits per heavy atom. The molecular weight excluding hydrogens is 216 g/mol. The lowest BCUT2D eigenvalue weighted by atomic mass is 10.1. The van der Waals surface area contributed by atoms with Gasteiger partial charge in [-0.3, -0.25) is 0 Å². The SMILES string of the molecule is CCOC1CCCN(c2nnccc2C#N)C1. The third-order valence-electron chi connectivity index (χ3n) is 2.90. The van der Waals surface area contributed by atoms with Crippen molar-refractivity contribution in [3.05, 3.63) is 17.8 Å². The van der Waals surface area contributed by atoms with E-state index in [4.69, 9.17) is 10.00 Å². The summed E-state index contributed by atoms with van der Waals surface area (Å²) >= 11 is 0. The van der Waals surface area contributed by atoms with Gasteiger partial charge in [0.2, 0.25) is 0 Å². The minimum absolute atomic E-state index is 0.238. The minimum Gasteiger partial charge on any atom is -0.377 e. The standard InChI is InChI=1S/C12H16N4O/c1-2-17-11-4-3-7-16(9-11)12-10(8-13)5-6-14-15-12/h5-6,11H,2-4,7,9H2,1H3. The zero-order valence-electron chi connectivity index (χ0n) is 9.96. The van der Waals surface area contributed by atoms with Crippen LogP contribution in [-0.2, 0) is 4.74 Å². The maximum absolute atomic E-state index is 9.04. The van der Waals surface area contributed by atoms with Crippen LogP contribution in [0.3, 0.4) is 0 Å². The smallest absolute Gasteiger partial charge is 0.169 e. The molecule has 2 rings (SSSR count). The number of aromatic nitrogens is 2.